The molecule has 2 aliphatic rings. The lowest BCUT2D eigenvalue weighted by molar-refractivity contribution is -0.141. The van der Waals surface area contributed by atoms with Crippen LogP contribution in [-0.4, -0.2) is 47.6 Å². The Morgan fingerprint density at radius 2 is 1.91 bits per heavy atom. The number of anilines is 3. The Bertz CT molecular complexity index is 991. The van der Waals surface area contributed by atoms with E-state index in [1.807, 2.05) is 18.9 Å². The molecule has 1 amide bonds. The average Bonchev–Trinajstić information content (AvgIpc) is 2.77. The van der Waals surface area contributed by atoms with Gasteiger partial charge in [-0.3, -0.25) is 4.79 Å². The van der Waals surface area contributed by atoms with Crippen LogP contribution in [0.15, 0.2) is 18.3 Å². The molecule has 11 heteroatoms. The van der Waals surface area contributed by atoms with Gasteiger partial charge in [0.05, 0.1) is 25.0 Å². The number of aryl methyl sites for hydroxylation is 1. The van der Waals surface area contributed by atoms with Crippen molar-refractivity contribution in [3.05, 3.63) is 29.7 Å². The Morgan fingerprint density at radius 3 is 2.58 bits per heavy atom. The molecule has 178 valence electrons. The average molecular weight is 464 g/mol. The number of hydrogen-bond donors (Lipinski definition) is 2. The van der Waals surface area contributed by atoms with Gasteiger partial charge in [-0.25, -0.2) is 9.97 Å². The molecule has 0 unspecified atom stereocenters. The van der Waals surface area contributed by atoms with Gasteiger partial charge >= 0.3 is 6.18 Å². The minimum Gasteiger partial charge on any atom is -0.492 e. The van der Waals surface area contributed by atoms with Crippen LogP contribution in [-0.2, 0) is 11.0 Å². The third-order valence-corrected chi connectivity index (χ3v) is 6.11. The number of carbonyl (C=O) groups excluding carboxylic acids is 1. The van der Waals surface area contributed by atoms with E-state index in [0.717, 1.165) is 50.2 Å². The molecule has 2 aromatic rings. The smallest absolute Gasteiger partial charge is 0.433 e. The predicted molar refractivity (Wildman–Crippen MR) is 117 cm³/mol. The van der Waals surface area contributed by atoms with Crippen molar-refractivity contribution in [2.75, 3.05) is 42.3 Å². The van der Waals surface area contributed by atoms with E-state index in [0.29, 0.717) is 41.6 Å². The fourth-order valence-corrected chi connectivity index (χ4v) is 4.21. The standard InChI is InChI=1S/C22H27F3N6O2/c1-13-19-20(31(2)11-18(32)29-19)30-21(28-13)27-9-14-3-5-15(6-4-14)12-33-16-7-8-17(26-10-16)22(23,24)25/h7-8,10,14-15H,3-6,9,11-12H2,1-2H3,(H,29,32)(H,27,28,30). The summed E-state index contributed by atoms with van der Waals surface area (Å²) in [7, 11) is 1.83. The summed E-state index contributed by atoms with van der Waals surface area (Å²) >= 11 is 0. The number of nitrogens with one attached hydrogen (secondary N) is 2. The number of halogens is 3. The fraction of sp³-hybridized carbons (Fsp3) is 0.545. The lowest BCUT2D eigenvalue weighted by Crippen LogP contribution is -2.37. The van der Waals surface area contributed by atoms with Crippen molar-refractivity contribution in [2.24, 2.45) is 11.8 Å². The molecule has 33 heavy (non-hydrogen) atoms. The summed E-state index contributed by atoms with van der Waals surface area (Å²) in [5.74, 6) is 2.38. The van der Waals surface area contributed by atoms with Gasteiger partial charge in [-0.15, -0.1) is 0 Å². The molecule has 8 nitrogen and oxygen atoms in total. The summed E-state index contributed by atoms with van der Waals surface area (Å²) in [6, 6.07) is 2.25. The summed E-state index contributed by atoms with van der Waals surface area (Å²) in [5, 5.41) is 6.16. The summed E-state index contributed by atoms with van der Waals surface area (Å²) in [6.07, 6.45) is 0.693. The fourth-order valence-electron chi connectivity index (χ4n) is 4.21. The van der Waals surface area contributed by atoms with E-state index in [1.165, 1.54) is 6.07 Å². The van der Waals surface area contributed by atoms with Crippen molar-refractivity contribution >= 4 is 23.4 Å². The summed E-state index contributed by atoms with van der Waals surface area (Å²) < 4.78 is 43.4. The number of amides is 1. The van der Waals surface area contributed by atoms with Gasteiger partial charge in [0, 0.05) is 13.6 Å². The molecule has 0 bridgehead atoms. The summed E-state index contributed by atoms with van der Waals surface area (Å²) in [4.78, 5) is 26.0. The predicted octanol–water partition coefficient (Wildman–Crippen LogP) is 3.88. The van der Waals surface area contributed by atoms with Crippen LogP contribution < -0.4 is 20.3 Å². The monoisotopic (exact) mass is 464 g/mol. The molecule has 2 aromatic heterocycles. The first-order chi connectivity index (χ1) is 15.7. The maximum atomic E-state index is 12.6. The Hall–Kier alpha value is -3.11. The quantitative estimate of drug-likeness (QED) is 0.670. The van der Waals surface area contributed by atoms with Gasteiger partial charge in [0.2, 0.25) is 11.9 Å². The Balaban J connectivity index is 1.23. The largest absolute Gasteiger partial charge is 0.492 e. The van der Waals surface area contributed by atoms with Crippen LogP contribution in [0.4, 0.5) is 30.6 Å². The van der Waals surface area contributed by atoms with E-state index in [9.17, 15) is 18.0 Å². The van der Waals surface area contributed by atoms with E-state index in [1.54, 1.807) is 0 Å². The molecule has 1 aliphatic heterocycles. The Morgan fingerprint density at radius 1 is 1.18 bits per heavy atom. The first-order valence-corrected chi connectivity index (χ1v) is 11.0. The van der Waals surface area contributed by atoms with Crippen LogP contribution in [0.3, 0.4) is 0 Å². The molecule has 0 saturated heterocycles. The lowest BCUT2D eigenvalue weighted by Gasteiger charge is -2.29. The van der Waals surface area contributed by atoms with Gasteiger partial charge in [-0.05, 0) is 56.6 Å². The Kier molecular flexibility index (Phi) is 6.57. The van der Waals surface area contributed by atoms with Gasteiger partial charge < -0.3 is 20.3 Å². The van der Waals surface area contributed by atoms with E-state index in [2.05, 4.69) is 25.6 Å². The highest BCUT2D eigenvalue weighted by Crippen LogP contribution is 2.32. The number of nitrogens with zero attached hydrogens (tertiary/aromatic N) is 4. The number of alkyl halides is 3. The molecule has 4 rings (SSSR count). The van der Waals surface area contributed by atoms with Crippen molar-refractivity contribution in [2.45, 2.75) is 38.8 Å². The lowest BCUT2D eigenvalue weighted by atomic mass is 9.82. The zero-order valence-corrected chi connectivity index (χ0v) is 18.6. The zero-order valence-electron chi connectivity index (χ0n) is 18.6. The van der Waals surface area contributed by atoms with Crippen LogP contribution in [0.2, 0.25) is 0 Å². The van der Waals surface area contributed by atoms with Crippen LogP contribution in [0.5, 0.6) is 5.75 Å². The first kappa shape index (κ1) is 23.1. The van der Waals surface area contributed by atoms with E-state index in [-0.39, 0.29) is 12.5 Å². The number of aromatic nitrogens is 3. The minimum atomic E-state index is -4.44. The number of carbonyl (C=O) groups is 1. The molecule has 0 radical (unpaired) electrons. The number of fused-ring (bicyclic) bond motifs is 1. The van der Waals surface area contributed by atoms with Crippen molar-refractivity contribution in [1.29, 1.82) is 0 Å². The van der Waals surface area contributed by atoms with Crippen LogP contribution in [0.1, 0.15) is 37.1 Å². The van der Waals surface area contributed by atoms with Crippen LogP contribution in [0.25, 0.3) is 0 Å². The van der Waals surface area contributed by atoms with Crippen LogP contribution >= 0.6 is 0 Å². The van der Waals surface area contributed by atoms with Crippen LogP contribution in [0, 0.1) is 18.8 Å². The van der Waals surface area contributed by atoms with Gasteiger partial charge in [0.15, 0.2) is 5.82 Å². The van der Waals surface area contributed by atoms with Gasteiger partial charge in [0.25, 0.3) is 0 Å². The molecule has 1 saturated carbocycles. The normalized spacial score (nSPS) is 20.8. The SMILES string of the molecule is Cc1nc(NCC2CCC(COc3ccc(C(F)(F)F)nc3)CC2)nc2c1NC(=O)CN2C. The number of hydrogen-bond acceptors (Lipinski definition) is 7. The number of ether oxygens (including phenoxy) is 1. The van der Waals surface area contributed by atoms with E-state index < -0.39 is 11.9 Å². The first-order valence-electron chi connectivity index (χ1n) is 11.0. The zero-order chi connectivity index (χ0) is 23.6. The maximum Gasteiger partial charge on any atom is 0.433 e. The summed E-state index contributed by atoms with van der Waals surface area (Å²) in [5.41, 5.74) is 0.460. The second kappa shape index (κ2) is 9.40. The molecule has 3 heterocycles. The molecular formula is C22H27F3N6O2. The molecule has 0 aromatic carbocycles. The minimum absolute atomic E-state index is 0.0762. The molecule has 2 N–H and O–H groups in total. The van der Waals surface area contributed by atoms with Crippen molar-refractivity contribution in [3.8, 4) is 5.75 Å². The topological polar surface area (TPSA) is 92.3 Å². The molecular weight excluding hydrogens is 437 g/mol. The third-order valence-electron chi connectivity index (χ3n) is 6.11. The second-order valence-electron chi connectivity index (χ2n) is 8.69. The van der Waals surface area contributed by atoms with Crippen molar-refractivity contribution in [1.82, 2.24) is 15.0 Å². The third kappa shape index (κ3) is 5.63. The number of likely N-dealkylation sites (N-methyl/N-ethyl adjacent to an activating group) is 1. The van der Waals surface area contributed by atoms with Gasteiger partial charge in [-0.1, -0.05) is 0 Å². The van der Waals surface area contributed by atoms with Crippen molar-refractivity contribution < 1.29 is 22.7 Å². The van der Waals surface area contributed by atoms with E-state index >= 15 is 0 Å². The molecule has 1 fully saturated rings. The number of pyridine rings is 1. The molecule has 0 atom stereocenters. The number of rotatable bonds is 6. The van der Waals surface area contributed by atoms with Gasteiger partial charge in [0.1, 0.15) is 17.1 Å². The Labute approximate surface area is 190 Å². The van der Waals surface area contributed by atoms with Crippen molar-refractivity contribution in [3.63, 3.8) is 0 Å². The maximum absolute atomic E-state index is 12.6. The summed E-state index contributed by atoms with van der Waals surface area (Å²) in [6.45, 7) is 3.34. The second-order valence-corrected chi connectivity index (χ2v) is 8.69. The highest BCUT2D eigenvalue weighted by atomic mass is 19.4. The van der Waals surface area contributed by atoms with Gasteiger partial charge in [-0.2, -0.15) is 18.2 Å². The highest BCUT2D eigenvalue weighted by Gasteiger charge is 2.32. The van der Waals surface area contributed by atoms with E-state index in [4.69, 9.17) is 4.74 Å². The molecule has 0 spiro atoms. The highest BCUT2D eigenvalue weighted by molar-refractivity contribution is 6.00. The molecule has 1 aliphatic carbocycles.